The molecule has 6 heteroatoms. The number of hydrogen-bond acceptors (Lipinski definition) is 5. The smallest absolute Gasteiger partial charge is 0.194 e. The standard InChI is InChI=1S/C18H24N2O3S/c1-24(23)18-12-14(8-9-16(18)21)17(22)13-19-10-5-11-20-15-6-3-2-4-7-15/h2-4,6-9,12,17,19-22H,5,10-11,13H2,1H3. The molecule has 0 aliphatic carbocycles. The lowest BCUT2D eigenvalue weighted by Crippen LogP contribution is -2.24. The van der Waals surface area contributed by atoms with Gasteiger partial charge in [0.25, 0.3) is 0 Å². The van der Waals surface area contributed by atoms with Crippen molar-refractivity contribution in [1.82, 2.24) is 5.32 Å². The number of rotatable bonds is 9. The fourth-order valence-electron chi connectivity index (χ4n) is 2.33. The van der Waals surface area contributed by atoms with E-state index in [-0.39, 0.29) is 5.75 Å². The number of benzene rings is 2. The summed E-state index contributed by atoms with van der Waals surface area (Å²) in [6, 6.07) is 14.7. The molecule has 2 rings (SSSR count). The lowest BCUT2D eigenvalue weighted by atomic mass is 10.1. The maximum Gasteiger partial charge on any atom is 0.194 e. The van der Waals surface area contributed by atoms with Crippen molar-refractivity contribution in [3.05, 3.63) is 54.1 Å². The van der Waals surface area contributed by atoms with E-state index in [1.165, 1.54) is 12.3 Å². The number of aliphatic hydroxyl groups is 1. The summed E-state index contributed by atoms with van der Waals surface area (Å²) in [5.74, 6) is -0.00766. The minimum Gasteiger partial charge on any atom is -0.612 e. The van der Waals surface area contributed by atoms with E-state index in [4.69, 9.17) is 0 Å². The highest BCUT2D eigenvalue weighted by molar-refractivity contribution is 7.90. The molecule has 0 heterocycles. The Balaban J connectivity index is 1.69. The van der Waals surface area contributed by atoms with E-state index < -0.39 is 17.3 Å². The molecule has 2 unspecified atom stereocenters. The number of phenolic OH excluding ortho intramolecular Hbond substituents is 1. The van der Waals surface area contributed by atoms with E-state index in [9.17, 15) is 14.8 Å². The van der Waals surface area contributed by atoms with Crippen LogP contribution in [-0.4, -0.2) is 40.7 Å². The van der Waals surface area contributed by atoms with Crippen LogP contribution in [0, 0.1) is 0 Å². The van der Waals surface area contributed by atoms with Crippen molar-refractivity contribution >= 4 is 16.9 Å². The lowest BCUT2D eigenvalue weighted by molar-refractivity contribution is 0.174. The van der Waals surface area contributed by atoms with Gasteiger partial charge in [-0.15, -0.1) is 0 Å². The second-order valence-electron chi connectivity index (χ2n) is 5.55. The number of anilines is 1. The highest BCUT2D eigenvalue weighted by atomic mass is 32.2. The van der Waals surface area contributed by atoms with E-state index in [0.717, 1.165) is 25.2 Å². The second-order valence-corrected chi connectivity index (χ2v) is 6.90. The third kappa shape index (κ3) is 5.72. The number of phenols is 1. The van der Waals surface area contributed by atoms with Crippen molar-refractivity contribution < 1.29 is 14.8 Å². The van der Waals surface area contributed by atoms with Crippen molar-refractivity contribution in [2.75, 3.05) is 31.2 Å². The molecule has 2 atom stereocenters. The van der Waals surface area contributed by atoms with Gasteiger partial charge in [-0.1, -0.05) is 24.3 Å². The monoisotopic (exact) mass is 348 g/mol. The van der Waals surface area contributed by atoms with Crippen molar-refractivity contribution in [2.24, 2.45) is 0 Å². The Morgan fingerprint density at radius 2 is 1.88 bits per heavy atom. The quantitative estimate of drug-likeness (QED) is 0.412. The molecule has 0 aromatic heterocycles. The predicted octanol–water partition coefficient (Wildman–Crippen LogP) is 2.25. The molecule has 0 amide bonds. The Bertz CT molecular complexity index is 623. The van der Waals surface area contributed by atoms with Crippen molar-refractivity contribution in [3.63, 3.8) is 0 Å². The summed E-state index contributed by atoms with van der Waals surface area (Å²) in [5, 5.41) is 26.4. The van der Waals surface area contributed by atoms with E-state index in [1.807, 2.05) is 30.3 Å². The molecule has 0 radical (unpaired) electrons. The average molecular weight is 348 g/mol. The molecule has 24 heavy (non-hydrogen) atoms. The molecule has 0 saturated carbocycles. The lowest BCUT2D eigenvalue weighted by Gasteiger charge is -2.14. The zero-order valence-corrected chi connectivity index (χ0v) is 14.6. The maximum atomic E-state index is 11.5. The minimum atomic E-state index is -1.29. The Hall–Kier alpha value is -1.73. The van der Waals surface area contributed by atoms with Crippen LogP contribution in [0.4, 0.5) is 5.69 Å². The van der Waals surface area contributed by atoms with Crippen LogP contribution in [0.1, 0.15) is 18.1 Å². The molecule has 0 fully saturated rings. The van der Waals surface area contributed by atoms with Crippen molar-refractivity contribution in [2.45, 2.75) is 17.4 Å². The normalized spacial score (nSPS) is 13.5. The fourth-order valence-corrected chi connectivity index (χ4v) is 2.99. The molecular weight excluding hydrogens is 324 g/mol. The van der Waals surface area contributed by atoms with Crippen molar-refractivity contribution in [1.29, 1.82) is 0 Å². The van der Waals surface area contributed by atoms with Crippen LogP contribution >= 0.6 is 0 Å². The summed E-state index contributed by atoms with van der Waals surface area (Å²) in [6.45, 7) is 2.04. The first-order valence-corrected chi connectivity index (χ1v) is 9.48. The first kappa shape index (κ1) is 18.6. The van der Waals surface area contributed by atoms with Crippen LogP contribution in [0.25, 0.3) is 0 Å². The molecular formula is C18H24N2O3S. The molecule has 0 spiro atoms. The molecule has 0 saturated heterocycles. The SMILES string of the molecule is C[S+]([O-])c1cc(C(O)CNCCCNc2ccccc2)ccc1O. The number of aromatic hydroxyl groups is 1. The summed E-state index contributed by atoms with van der Waals surface area (Å²) in [5.41, 5.74) is 1.75. The average Bonchev–Trinajstić information content (AvgIpc) is 2.58. The largest absolute Gasteiger partial charge is 0.612 e. The minimum absolute atomic E-state index is 0.00766. The Kier molecular flexibility index (Phi) is 7.39. The van der Waals surface area contributed by atoms with Crippen LogP contribution in [0.2, 0.25) is 0 Å². The summed E-state index contributed by atoms with van der Waals surface area (Å²) >= 11 is -1.29. The number of nitrogens with one attached hydrogen (secondary N) is 2. The third-order valence-electron chi connectivity index (χ3n) is 3.65. The van der Waals surface area contributed by atoms with E-state index in [0.29, 0.717) is 17.0 Å². The molecule has 0 bridgehead atoms. The molecule has 0 aliphatic heterocycles. The van der Waals surface area contributed by atoms with Gasteiger partial charge in [-0.25, -0.2) is 0 Å². The van der Waals surface area contributed by atoms with Crippen LogP contribution in [0.15, 0.2) is 53.4 Å². The van der Waals surface area contributed by atoms with Gasteiger partial charge in [0, 0.05) is 24.8 Å². The van der Waals surface area contributed by atoms with Crippen LogP contribution < -0.4 is 10.6 Å². The summed E-state index contributed by atoms with van der Waals surface area (Å²) in [6.07, 6.45) is 1.74. The van der Waals surface area contributed by atoms with Crippen LogP contribution in [-0.2, 0) is 11.2 Å². The number of aliphatic hydroxyl groups excluding tert-OH is 1. The van der Waals surface area contributed by atoms with Gasteiger partial charge in [-0.2, -0.15) is 0 Å². The second kappa shape index (κ2) is 9.54. The van der Waals surface area contributed by atoms with Crippen LogP contribution in [0.3, 0.4) is 0 Å². The van der Waals surface area contributed by atoms with Gasteiger partial charge < -0.3 is 25.4 Å². The fraction of sp³-hybridized carbons (Fsp3) is 0.333. The highest BCUT2D eigenvalue weighted by Gasteiger charge is 2.15. The summed E-state index contributed by atoms with van der Waals surface area (Å²) in [7, 11) is 0. The van der Waals surface area contributed by atoms with E-state index in [2.05, 4.69) is 10.6 Å². The van der Waals surface area contributed by atoms with Gasteiger partial charge in [0.15, 0.2) is 10.6 Å². The third-order valence-corrected chi connectivity index (χ3v) is 4.60. The van der Waals surface area contributed by atoms with E-state index >= 15 is 0 Å². The van der Waals surface area contributed by atoms with E-state index in [1.54, 1.807) is 12.1 Å². The topological polar surface area (TPSA) is 87.6 Å². The van der Waals surface area contributed by atoms with Crippen LogP contribution in [0.5, 0.6) is 5.75 Å². The summed E-state index contributed by atoms with van der Waals surface area (Å²) in [4.78, 5) is 0.346. The molecule has 2 aromatic carbocycles. The maximum absolute atomic E-state index is 11.5. The van der Waals surface area contributed by atoms with Gasteiger partial charge >= 0.3 is 0 Å². The van der Waals surface area contributed by atoms with Gasteiger partial charge in [-0.3, -0.25) is 0 Å². The molecule has 5 nitrogen and oxygen atoms in total. The number of para-hydroxylation sites is 1. The van der Waals surface area contributed by atoms with Crippen molar-refractivity contribution in [3.8, 4) is 5.75 Å². The predicted molar refractivity (Wildman–Crippen MR) is 97.8 cm³/mol. The molecule has 2 aromatic rings. The zero-order valence-electron chi connectivity index (χ0n) is 13.7. The molecule has 130 valence electrons. The first-order valence-electron chi connectivity index (χ1n) is 7.92. The highest BCUT2D eigenvalue weighted by Crippen LogP contribution is 2.26. The zero-order chi connectivity index (χ0) is 17.4. The Morgan fingerprint density at radius 3 is 2.58 bits per heavy atom. The first-order chi connectivity index (χ1) is 11.6. The molecule has 0 aliphatic rings. The Labute approximate surface area is 145 Å². The number of hydrogen-bond donors (Lipinski definition) is 4. The van der Waals surface area contributed by atoms with Gasteiger partial charge in [-0.05, 0) is 47.9 Å². The Morgan fingerprint density at radius 1 is 1.12 bits per heavy atom. The van der Waals surface area contributed by atoms with Gasteiger partial charge in [0.1, 0.15) is 6.26 Å². The summed E-state index contributed by atoms with van der Waals surface area (Å²) < 4.78 is 11.5. The van der Waals surface area contributed by atoms with Gasteiger partial charge in [0.2, 0.25) is 0 Å². The van der Waals surface area contributed by atoms with Gasteiger partial charge in [0.05, 0.1) is 6.10 Å². The molecule has 4 N–H and O–H groups in total.